The highest BCUT2D eigenvalue weighted by Crippen LogP contribution is 2.15. The van der Waals surface area contributed by atoms with Gasteiger partial charge in [0.2, 0.25) is 10.0 Å². The maximum Gasteiger partial charge on any atom is 0.211 e. The molecule has 0 aliphatic rings. The van der Waals surface area contributed by atoms with Crippen molar-refractivity contribution in [3.05, 3.63) is 30.1 Å². The van der Waals surface area contributed by atoms with E-state index in [0.29, 0.717) is 19.5 Å². The van der Waals surface area contributed by atoms with Gasteiger partial charge < -0.3 is 15.2 Å². The van der Waals surface area contributed by atoms with Crippen molar-refractivity contribution < 1.29 is 8.42 Å². The topological polar surface area (TPSA) is 100 Å². The van der Waals surface area contributed by atoms with E-state index in [9.17, 15) is 8.42 Å². The van der Waals surface area contributed by atoms with Gasteiger partial charge in [-0.3, -0.25) is 4.99 Å². The van der Waals surface area contributed by atoms with Crippen molar-refractivity contribution in [1.29, 1.82) is 0 Å². The molecule has 0 amide bonds. The molecular formula is C18H30N6O2S. The van der Waals surface area contributed by atoms with Crippen molar-refractivity contribution >= 4 is 27.0 Å². The minimum atomic E-state index is -3.12. The van der Waals surface area contributed by atoms with E-state index >= 15 is 0 Å². The third-order valence-electron chi connectivity index (χ3n) is 4.27. The Bertz CT molecular complexity index is 860. The van der Waals surface area contributed by atoms with E-state index in [1.165, 1.54) is 0 Å². The summed E-state index contributed by atoms with van der Waals surface area (Å²) in [5.74, 6) is 1.85. The number of benzene rings is 1. The maximum absolute atomic E-state index is 11.4. The molecule has 0 radical (unpaired) electrons. The van der Waals surface area contributed by atoms with Gasteiger partial charge >= 0.3 is 0 Å². The van der Waals surface area contributed by atoms with Crippen LogP contribution in [0.1, 0.15) is 25.6 Å². The molecule has 0 unspecified atom stereocenters. The number of hydrogen-bond donors (Lipinski definition) is 3. The summed E-state index contributed by atoms with van der Waals surface area (Å²) >= 11 is 0. The number of rotatable bonds is 10. The lowest BCUT2D eigenvalue weighted by Gasteiger charge is -2.13. The van der Waals surface area contributed by atoms with Gasteiger partial charge in [0.15, 0.2) is 5.96 Å². The van der Waals surface area contributed by atoms with E-state index in [-0.39, 0.29) is 5.75 Å². The number of para-hydroxylation sites is 2. The highest BCUT2D eigenvalue weighted by molar-refractivity contribution is 7.89. The molecule has 0 saturated carbocycles. The van der Waals surface area contributed by atoms with Gasteiger partial charge in [0.1, 0.15) is 5.82 Å². The fourth-order valence-electron chi connectivity index (χ4n) is 2.77. The molecule has 1 heterocycles. The number of nitrogens with one attached hydrogen (secondary N) is 3. The van der Waals surface area contributed by atoms with Crippen LogP contribution in [0.2, 0.25) is 0 Å². The first kappa shape index (κ1) is 21.2. The third-order valence-corrected chi connectivity index (χ3v) is 5.67. The third kappa shape index (κ3) is 6.51. The number of aromatic nitrogens is 2. The first-order valence-corrected chi connectivity index (χ1v) is 11.0. The van der Waals surface area contributed by atoms with Crippen LogP contribution in [0.3, 0.4) is 0 Å². The van der Waals surface area contributed by atoms with Crippen LogP contribution in [0.5, 0.6) is 0 Å². The molecule has 0 spiro atoms. The predicted molar refractivity (Wildman–Crippen MR) is 111 cm³/mol. The standard InChI is InChI=1S/C18H30N6O2S/c1-4-27(25,26)22-13-7-11-20-18(19-3)21-12-8-14-24-15(2)23-16-9-5-6-10-17(16)24/h5-6,9-10,22H,4,7-8,11-14H2,1-3H3,(H2,19,20,21). The van der Waals surface area contributed by atoms with Crippen LogP contribution < -0.4 is 15.4 Å². The fourth-order valence-corrected chi connectivity index (χ4v) is 3.43. The van der Waals surface area contributed by atoms with Crippen molar-refractivity contribution in [3.63, 3.8) is 0 Å². The Labute approximate surface area is 161 Å². The molecule has 27 heavy (non-hydrogen) atoms. The van der Waals surface area contributed by atoms with Crippen molar-refractivity contribution in [2.45, 2.75) is 33.2 Å². The van der Waals surface area contributed by atoms with Gasteiger partial charge in [0.05, 0.1) is 16.8 Å². The number of guanidine groups is 1. The molecule has 0 aliphatic carbocycles. The number of nitrogens with zero attached hydrogens (tertiary/aromatic N) is 3. The lowest BCUT2D eigenvalue weighted by molar-refractivity contribution is 0.579. The average molecular weight is 395 g/mol. The van der Waals surface area contributed by atoms with Crippen LogP contribution in [0.25, 0.3) is 11.0 Å². The summed E-state index contributed by atoms with van der Waals surface area (Å²) in [6.45, 7) is 6.40. The largest absolute Gasteiger partial charge is 0.356 e. The summed E-state index contributed by atoms with van der Waals surface area (Å²) < 4.78 is 27.5. The zero-order valence-electron chi connectivity index (χ0n) is 16.3. The smallest absolute Gasteiger partial charge is 0.211 e. The Balaban J connectivity index is 1.68. The van der Waals surface area contributed by atoms with Crippen LogP contribution in [-0.4, -0.2) is 56.4 Å². The van der Waals surface area contributed by atoms with Crippen LogP contribution in [-0.2, 0) is 16.6 Å². The summed E-state index contributed by atoms with van der Waals surface area (Å²) in [5.41, 5.74) is 2.19. The van der Waals surface area contributed by atoms with E-state index in [0.717, 1.165) is 42.3 Å². The SMILES string of the molecule is CCS(=O)(=O)NCCCNC(=NC)NCCCn1c(C)nc2ccccc21. The molecule has 2 aromatic rings. The first-order valence-electron chi connectivity index (χ1n) is 9.30. The van der Waals surface area contributed by atoms with Crippen LogP contribution in [0, 0.1) is 6.92 Å². The molecular weight excluding hydrogens is 364 g/mol. The molecule has 0 bridgehead atoms. The molecule has 1 aromatic carbocycles. The Kier molecular flexibility index (Phi) is 8.05. The number of fused-ring (bicyclic) bond motifs is 1. The van der Waals surface area contributed by atoms with Crippen molar-refractivity contribution in [1.82, 2.24) is 24.9 Å². The average Bonchev–Trinajstić information content (AvgIpc) is 2.98. The van der Waals surface area contributed by atoms with Crippen LogP contribution >= 0.6 is 0 Å². The van der Waals surface area contributed by atoms with Gasteiger partial charge in [-0.05, 0) is 38.8 Å². The minimum Gasteiger partial charge on any atom is -0.356 e. The predicted octanol–water partition coefficient (Wildman–Crippen LogP) is 1.23. The molecule has 3 N–H and O–H groups in total. The Morgan fingerprint density at radius 2 is 1.85 bits per heavy atom. The van der Waals surface area contributed by atoms with Gasteiger partial charge in [-0.2, -0.15) is 0 Å². The molecule has 8 nitrogen and oxygen atoms in total. The maximum atomic E-state index is 11.4. The van der Waals surface area contributed by atoms with E-state index in [1.54, 1.807) is 14.0 Å². The monoisotopic (exact) mass is 394 g/mol. The molecule has 150 valence electrons. The van der Waals surface area contributed by atoms with Gasteiger partial charge in [-0.1, -0.05) is 12.1 Å². The van der Waals surface area contributed by atoms with E-state index in [1.807, 2.05) is 25.1 Å². The number of aryl methyl sites for hydroxylation is 2. The summed E-state index contributed by atoms with van der Waals surface area (Å²) in [6, 6.07) is 8.16. The van der Waals surface area contributed by atoms with Gasteiger partial charge in [0.25, 0.3) is 0 Å². The first-order chi connectivity index (χ1) is 13.0. The van der Waals surface area contributed by atoms with E-state index in [2.05, 4.69) is 36.0 Å². The van der Waals surface area contributed by atoms with Crippen molar-refractivity contribution in [3.8, 4) is 0 Å². The summed E-state index contributed by atoms with van der Waals surface area (Å²) in [7, 11) is -1.39. The molecule has 1 aromatic heterocycles. The molecule has 0 aliphatic heterocycles. The van der Waals surface area contributed by atoms with Crippen LogP contribution in [0.4, 0.5) is 0 Å². The summed E-state index contributed by atoms with van der Waals surface area (Å²) in [4.78, 5) is 8.77. The second kappa shape index (κ2) is 10.3. The van der Waals surface area contributed by atoms with E-state index in [4.69, 9.17) is 0 Å². The zero-order valence-corrected chi connectivity index (χ0v) is 17.1. The molecule has 0 fully saturated rings. The Hall–Kier alpha value is -2.13. The number of aliphatic imine (C=N–C) groups is 1. The highest BCUT2D eigenvalue weighted by atomic mass is 32.2. The second-order valence-corrected chi connectivity index (χ2v) is 8.33. The Morgan fingerprint density at radius 1 is 1.15 bits per heavy atom. The molecule has 9 heteroatoms. The summed E-state index contributed by atoms with van der Waals surface area (Å²) in [6.07, 6.45) is 1.64. The van der Waals surface area contributed by atoms with E-state index < -0.39 is 10.0 Å². The zero-order chi connectivity index (χ0) is 19.7. The van der Waals surface area contributed by atoms with Gasteiger partial charge in [0, 0.05) is 33.2 Å². The van der Waals surface area contributed by atoms with Crippen LogP contribution in [0.15, 0.2) is 29.3 Å². The molecule has 0 atom stereocenters. The fraction of sp³-hybridized carbons (Fsp3) is 0.556. The lowest BCUT2D eigenvalue weighted by atomic mass is 10.3. The van der Waals surface area contributed by atoms with Crippen molar-refractivity contribution in [2.75, 3.05) is 32.4 Å². The minimum absolute atomic E-state index is 0.106. The number of imidazole rings is 1. The number of sulfonamides is 1. The molecule has 2 rings (SSSR count). The quantitative estimate of drug-likeness (QED) is 0.320. The summed E-state index contributed by atoms with van der Waals surface area (Å²) in [5, 5.41) is 6.48. The lowest BCUT2D eigenvalue weighted by Crippen LogP contribution is -2.39. The molecule has 0 saturated heterocycles. The van der Waals surface area contributed by atoms with Gasteiger partial charge in [-0.15, -0.1) is 0 Å². The normalized spacial score (nSPS) is 12.5. The van der Waals surface area contributed by atoms with Crippen molar-refractivity contribution in [2.24, 2.45) is 4.99 Å². The number of hydrogen-bond acceptors (Lipinski definition) is 4. The van der Waals surface area contributed by atoms with Gasteiger partial charge in [-0.25, -0.2) is 18.1 Å². The Morgan fingerprint density at radius 3 is 2.56 bits per heavy atom. The highest BCUT2D eigenvalue weighted by Gasteiger charge is 2.07. The second-order valence-electron chi connectivity index (χ2n) is 6.23.